The highest BCUT2D eigenvalue weighted by Crippen LogP contribution is 2.40. The van der Waals surface area contributed by atoms with Crippen LogP contribution in [0.5, 0.6) is 0 Å². The van der Waals surface area contributed by atoms with E-state index in [9.17, 15) is 4.79 Å². The topological polar surface area (TPSA) is 29.5 Å². The number of cyclic esters (lactones) is 1. The fourth-order valence-electron chi connectivity index (χ4n) is 3.09. The van der Waals surface area contributed by atoms with E-state index in [1.165, 1.54) is 0 Å². The Labute approximate surface area is 152 Å². The lowest BCUT2D eigenvalue weighted by Gasteiger charge is -2.39. The van der Waals surface area contributed by atoms with E-state index >= 15 is 0 Å². The van der Waals surface area contributed by atoms with Crippen LogP contribution in [0, 0.1) is 0 Å². The third kappa shape index (κ3) is 3.44. The molecule has 0 radical (unpaired) electrons. The molecule has 0 saturated carbocycles. The average molecular weight is 364 g/mol. The third-order valence-corrected chi connectivity index (χ3v) is 4.87. The number of fused-ring (bicyclic) bond motifs is 1. The molecule has 0 unspecified atom stereocenters. The second-order valence-corrected chi connectivity index (χ2v) is 7.30. The lowest BCUT2D eigenvalue weighted by atomic mass is 9.81. The van der Waals surface area contributed by atoms with Crippen molar-refractivity contribution in [2.75, 3.05) is 20.6 Å². The van der Waals surface area contributed by atoms with Crippen LogP contribution in [-0.4, -0.2) is 31.5 Å². The standard InChI is InChI=1S/C19H19Cl2NO2/c1-22(2)10-9-19(14-3-5-15(20)6-4-14)12-13-11-16(21)7-8-17(13)18(23)24-19/h3-8,11H,9-10,12H2,1-2H3/t19-/m0/s1. The van der Waals surface area contributed by atoms with E-state index < -0.39 is 5.60 Å². The number of nitrogens with zero attached hydrogens (tertiary/aromatic N) is 1. The van der Waals surface area contributed by atoms with Crippen LogP contribution in [0.25, 0.3) is 0 Å². The molecule has 1 aliphatic rings. The number of benzene rings is 2. The predicted molar refractivity (Wildman–Crippen MR) is 96.9 cm³/mol. The molecule has 0 fully saturated rings. The summed E-state index contributed by atoms with van der Waals surface area (Å²) in [6.45, 7) is 0.797. The van der Waals surface area contributed by atoms with Crippen LogP contribution < -0.4 is 0 Å². The molecule has 1 heterocycles. The first-order valence-electron chi connectivity index (χ1n) is 7.82. The molecular formula is C19H19Cl2NO2. The van der Waals surface area contributed by atoms with Crippen LogP contribution in [0.15, 0.2) is 42.5 Å². The summed E-state index contributed by atoms with van der Waals surface area (Å²) in [6.07, 6.45) is 1.30. The second-order valence-electron chi connectivity index (χ2n) is 6.42. The number of hydrogen-bond donors (Lipinski definition) is 0. The molecule has 1 atom stereocenters. The Hall–Kier alpha value is -1.55. The summed E-state index contributed by atoms with van der Waals surface area (Å²) in [7, 11) is 4.01. The number of ether oxygens (including phenoxy) is 1. The van der Waals surface area contributed by atoms with Gasteiger partial charge in [-0.2, -0.15) is 0 Å². The van der Waals surface area contributed by atoms with Crippen LogP contribution in [0.4, 0.5) is 0 Å². The SMILES string of the molecule is CN(C)CC[C@@]1(c2ccc(Cl)cc2)Cc2cc(Cl)ccc2C(=O)O1. The molecule has 0 spiro atoms. The highest BCUT2D eigenvalue weighted by atomic mass is 35.5. The summed E-state index contributed by atoms with van der Waals surface area (Å²) in [5.41, 5.74) is 1.76. The summed E-state index contributed by atoms with van der Waals surface area (Å²) in [5.74, 6) is -0.304. The van der Waals surface area contributed by atoms with Crippen molar-refractivity contribution in [1.29, 1.82) is 0 Å². The van der Waals surface area contributed by atoms with Crippen molar-refractivity contribution >= 4 is 29.2 Å². The van der Waals surface area contributed by atoms with Crippen molar-refractivity contribution in [3.05, 3.63) is 69.2 Å². The molecule has 3 nitrogen and oxygen atoms in total. The predicted octanol–water partition coefficient (Wildman–Crippen LogP) is 4.55. The van der Waals surface area contributed by atoms with Gasteiger partial charge >= 0.3 is 5.97 Å². The van der Waals surface area contributed by atoms with Crippen molar-refractivity contribution in [3.8, 4) is 0 Å². The van der Waals surface area contributed by atoms with Gasteiger partial charge in [-0.15, -0.1) is 0 Å². The van der Waals surface area contributed by atoms with Gasteiger partial charge in [0.25, 0.3) is 0 Å². The van der Waals surface area contributed by atoms with Crippen LogP contribution in [0.3, 0.4) is 0 Å². The van der Waals surface area contributed by atoms with Crippen LogP contribution in [0.2, 0.25) is 10.0 Å². The summed E-state index contributed by atoms with van der Waals surface area (Å²) in [5, 5.41) is 1.29. The maximum atomic E-state index is 12.6. The van der Waals surface area contributed by atoms with Gasteiger partial charge in [-0.1, -0.05) is 35.3 Å². The maximum absolute atomic E-state index is 12.6. The second kappa shape index (κ2) is 6.75. The van der Waals surface area contributed by atoms with Gasteiger partial charge in [0.1, 0.15) is 5.60 Å². The molecule has 0 aromatic heterocycles. The zero-order valence-corrected chi connectivity index (χ0v) is 15.2. The van der Waals surface area contributed by atoms with Gasteiger partial charge < -0.3 is 9.64 Å². The van der Waals surface area contributed by atoms with E-state index in [1.54, 1.807) is 12.1 Å². The lowest BCUT2D eigenvalue weighted by Crippen LogP contribution is -2.41. The summed E-state index contributed by atoms with van der Waals surface area (Å²) >= 11 is 12.2. The van der Waals surface area contributed by atoms with E-state index in [-0.39, 0.29) is 5.97 Å². The van der Waals surface area contributed by atoms with E-state index in [0.717, 1.165) is 17.7 Å². The fourth-order valence-corrected chi connectivity index (χ4v) is 3.41. The van der Waals surface area contributed by atoms with Gasteiger partial charge in [0.15, 0.2) is 0 Å². The zero-order chi connectivity index (χ0) is 17.3. The smallest absolute Gasteiger partial charge is 0.339 e. The molecule has 0 N–H and O–H groups in total. The molecule has 126 valence electrons. The largest absolute Gasteiger partial charge is 0.450 e. The average Bonchev–Trinajstić information content (AvgIpc) is 2.53. The minimum atomic E-state index is -0.705. The van der Waals surface area contributed by atoms with E-state index in [1.807, 2.05) is 44.4 Å². The molecule has 5 heteroatoms. The van der Waals surface area contributed by atoms with Crippen LogP contribution >= 0.6 is 23.2 Å². The Morgan fingerprint density at radius 1 is 1.08 bits per heavy atom. The minimum absolute atomic E-state index is 0.304. The Morgan fingerprint density at radius 2 is 1.75 bits per heavy atom. The van der Waals surface area contributed by atoms with Crippen LogP contribution in [0.1, 0.15) is 27.9 Å². The van der Waals surface area contributed by atoms with E-state index in [4.69, 9.17) is 27.9 Å². The number of rotatable bonds is 4. The first-order chi connectivity index (χ1) is 11.4. The quantitative estimate of drug-likeness (QED) is 0.746. The normalized spacial score (nSPS) is 20.0. The van der Waals surface area contributed by atoms with Crippen molar-refractivity contribution in [1.82, 2.24) is 4.90 Å². The van der Waals surface area contributed by atoms with Crippen molar-refractivity contribution in [2.45, 2.75) is 18.4 Å². The Morgan fingerprint density at radius 3 is 2.42 bits per heavy atom. The summed E-state index contributed by atoms with van der Waals surface area (Å²) in [4.78, 5) is 14.7. The highest BCUT2D eigenvalue weighted by Gasteiger charge is 2.41. The number of carbonyl (C=O) groups is 1. The fraction of sp³-hybridized carbons (Fsp3) is 0.316. The van der Waals surface area contributed by atoms with E-state index in [2.05, 4.69) is 4.90 Å². The molecular weight excluding hydrogens is 345 g/mol. The first kappa shape index (κ1) is 17.3. The first-order valence-corrected chi connectivity index (χ1v) is 8.58. The molecule has 24 heavy (non-hydrogen) atoms. The molecule has 0 amide bonds. The van der Waals surface area contributed by atoms with Crippen molar-refractivity contribution < 1.29 is 9.53 Å². The molecule has 2 aromatic rings. The maximum Gasteiger partial charge on any atom is 0.339 e. The number of hydrogen-bond acceptors (Lipinski definition) is 3. The molecule has 0 aliphatic carbocycles. The number of esters is 1. The zero-order valence-electron chi connectivity index (χ0n) is 13.7. The van der Waals surface area contributed by atoms with Gasteiger partial charge in [0, 0.05) is 29.4 Å². The summed E-state index contributed by atoms with van der Waals surface area (Å²) in [6, 6.07) is 12.8. The molecule has 3 rings (SSSR count). The Balaban J connectivity index is 2.05. The van der Waals surface area contributed by atoms with Gasteiger partial charge in [-0.05, 0) is 55.6 Å². The Kier molecular flexibility index (Phi) is 4.86. The van der Waals surface area contributed by atoms with Gasteiger partial charge in [-0.3, -0.25) is 0 Å². The number of carbonyl (C=O) groups excluding carboxylic acids is 1. The summed E-state index contributed by atoms with van der Waals surface area (Å²) < 4.78 is 5.96. The van der Waals surface area contributed by atoms with Gasteiger partial charge in [0.05, 0.1) is 5.56 Å². The van der Waals surface area contributed by atoms with Gasteiger partial charge in [-0.25, -0.2) is 4.79 Å². The monoisotopic (exact) mass is 363 g/mol. The van der Waals surface area contributed by atoms with Crippen LogP contribution in [-0.2, 0) is 16.8 Å². The molecule has 0 saturated heterocycles. The van der Waals surface area contributed by atoms with E-state index in [0.29, 0.717) is 28.5 Å². The molecule has 1 aliphatic heterocycles. The lowest BCUT2D eigenvalue weighted by molar-refractivity contribution is -0.0355. The Bertz CT molecular complexity index is 758. The third-order valence-electron chi connectivity index (χ3n) is 4.38. The van der Waals surface area contributed by atoms with Gasteiger partial charge in [0.2, 0.25) is 0 Å². The molecule has 2 aromatic carbocycles. The van der Waals surface area contributed by atoms with Crippen molar-refractivity contribution in [2.24, 2.45) is 0 Å². The highest BCUT2D eigenvalue weighted by molar-refractivity contribution is 6.31. The minimum Gasteiger partial charge on any atom is -0.450 e. The van der Waals surface area contributed by atoms with Crippen molar-refractivity contribution in [3.63, 3.8) is 0 Å². The molecule has 0 bridgehead atoms. The number of halogens is 2.